The normalized spacial score (nSPS) is 19.4. The second-order valence-corrected chi connectivity index (χ2v) is 20.9. The molecule has 0 spiro atoms. The van der Waals surface area contributed by atoms with Crippen LogP contribution in [0.4, 0.5) is 11.4 Å². The Bertz CT molecular complexity index is 2720. The van der Waals surface area contributed by atoms with Crippen LogP contribution in [0.5, 0.6) is 17.2 Å². The molecule has 14 nitrogen and oxygen atoms in total. The number of rotatable bonds is 13. The number of H-pyrrole nitrogens is 1. The van der Waals surface area contributed by atoms with E-state index in [9.17, 15) is 23.3 Å². The van der Waals surface area contributed by atoms with Gasteiger partial charge in [-0.05, 0) is 123 Å². The molecule has 0 radical (unpaired) electrons. The standard InChI is InChI=1S/C49H56ClN7O7S/c1-49(2)15-12-36(43(29-49)34-6-8-37(50)9-7-34)31-55-20-22-56(23-21-55)38-10-11-41(46(26-38)64-39-25-35-13-16-51-47(35)52-30-39)48(58)53-65(61,62)40-27-44(57(59)60)42-24-33(32-63-45(42)28-40)14-19-54-17-4-3-5-18-54/h6-11,13,16,25-28,30,33H,3-5,12,14-15,17-24,29,31-32H2,1-2H3,(H,51,52)(H,53,58)/t33-/m0/s1. The van der Waals surface area contributed by atoms with Crippen LogP contribution < -0.4 is 19.1 Å². The molecule has 1 aliphatic carbocycles. The first-order valence-electron chi connectivity index (χ1n) is 22.7. The highest BCUT2D eigenvalue weighted by Gasteiger charge is 2.33. The monoisotopic (exact) mass is 921 g/mol. The van der Waals surface area contributed by atoms with Gasteiger partial charge in [-0.15, -0.1) is 0 Å². The molecule has 2 aromatic heterocycles. The minimum Gasteiger partial charge on any atom is -0.493 e. The van der Waals surface area contributed by atoms with E-state index in [4.69, 9.17) is 21.1 Å². The first-order valence-corrected chi connectivity index (χ1v) is 24.6. The van der Waals surface area contributed by atoms with Crippen molar-refractivity contribution < 1.29 is 27.6 Å². The number of nitrogens with zero attached hydrogens (tertiary/aromatic N) is 5. The number of nitrogens with one attached hydrogen (secondary N) is 2. The van der Waals surface area contributed by atoms with Crippen molar-refractivity contribution in [3.05, 3.63) is 117 Å². The molecule has 0 unspecified atom stereocenters. The molecule has 9 rings (SSSR count). The molecule has 0 saturated carbocycles. The Balaban J connectivity index is 0.928. The second kappa shape index (κ2) is 18.8. The molecule has 1 atom stereocenters. The van der Waals surface area contributed by atoms with Crippen molar-refractivity contribution in [2.75, 3.05) is 63.9 Å². The molecule has 2 N–H and O–H groups in total. The largest absolute Gasteiger partial charge is 0.493 e. The molecule has 342 valence electrons. The summed E-state index contributed by atoms with van der Waals surface area (Å²) in [4.78, 5) is 40.1. The number of pyridine rings is 1. The van der Waals surface area contributed by atoms with Gasteiger partial charge in [0.1, 0.15) is 22.9 Å². The van der Waals surface area contributed by atoms with Gasteiger partial charge in [-0.2, -0.15) is 0 Å². The minimum atomic E-state index is -4.61. The average molecular weight is 923 g/mol. The smallest absolute Gasteiger partial charge is 0.277 e. The number of nitro benzene ring substituents is 1. The highest BCUT2D eigenvalue weighted by Crippen LogP contribution is 2.44. The van der Waals surface area contributed by atoms with E-state index in [1.165, 1.54) is 48.2 Å². The number of carbonyl (C=O) groups is 1. The SMILES string of the molecule is CC1(C)CCC(CN2CCN(c3ccc(C(=O)NS(=O)(=O)c4cc5c(c([N+](=O)[O-])c4)C[C@H](CCN4CCCCC4)CO5)c(Oc4cnc5[nH]ccc5c4)c3)CC2)=C(c2ccc(Cl)cc2)C1. The van der Waals surface area contributed by atoms with Crippen LogP contribution in [-0.4, -0.2) is 98.0 Å². The zero-order valence-electron chi connectivity index (χ0n) is 37.0. The number of benzene rings is 3. The molecule has 16 heteroatoms. The van der Waals surface area contributed by atoms with Gasteiger partial charge in [-0.1, -0.05) is 49.6 Å². The Morgan fingerprint density at radius 3 is 2.55 bits per heavy atom. The van der Waals surface area contributed by atoms with Crippen molar-refractivity contribution in [3.63, 3.8) is 0 Å². The van der Waals surface area contributed by atoms with E-state index in [1.807, 2.05) is 18.2 Å². The maximum absolute atomic E-state index is 14.1. The maximum Gasteiger partial charge on any atom is 0.277 e. The van der Waals surface area contributed by atoms with Crippen LogP contribution >= 0.6 is 11.6 Å². The van der Waals surface area contributed by atoms with E-state index >= 15 is 0 Å². The molecule has 5 aromatic rings. The number of sulfonamides is 1. The van der Waals surface area contributed by atoms with Gasteiger partial charge in [-0.25, -0.2) is 18.1 Å². The summed E-state index contributed by atoms with van der Waals surface area (Å²) < 4.78 is 42.4. The van der Waals surface area contributed by atoms with Crippen molar-refractivity contribution in [1.82, 2.24) is 24.5 Å². The Kier molecular flexibility index (Phi) is 12.9. The predicted molar refractivity (Wildman–Crippen MR) is 253 cm³/mol. The molecular formula is C49H56ClN7O7S. The van der Waals surface area contributed by atoms with Crippen LogP contribution in [0, 0.1) is 21.4 Å². The number of halogens is 1. The molecule has 2 saturated heterocycles. The number of fused-ring (bicyclic) bond motifs is 2. The number of hydrogen-bond acceptors (Lipinski definition) is 11. The molecule has 3 aromatic carbocycles. The number of allylic oxidation sites excluding steroid dienone is 1. The topological polar surface area (TPSA) is 163 Å². The van der Waals surface area contributed by atoms with Gasteiger partial charge in [0.05, 0.1) is 33.7 Å². The molecule has 0 bridgehead atoms. The highest BCUT2D eigenvalue weighted by atomic mass is 35.5. The quantitative estimate of drug-likeness (QED) is 0.0855. The Morgan fingerprint density at radius 1 is 1.00 bits per heavy atom. The Labute approximate surface area is 385 Å². The summed E-state index contributed by atoms with van der Waals surface area (Å²) in [6.07, 6.45) is 11.3. The van der Waals surface area contributed by atoms with Gasteiger partial charge in [0, 0.05) is 73.2 Å². The van der Waals surface area contributed by atoms with E-state index in [1.54, 1.807) is 30.5 Å². The first-order chi connectivity index (χ1) is 31.3. The predicted octanol–water partition coefficient (Wildman–Crippen LogP) is 9.25. The third kappa shape index (κ3) is 10.3. The van der Waals surface area contributed by atoms with Crippen LogP contribution in [0.25, 0.3) is 16.6 Å². The summed E-state index contributed by atoms with van der Waals surface area (Å²) in [6, 6.07) is 19.2. The Morgan fingerprint density at radius 2 is 1.78 bits per heavy atom. The van der Waals surface area contributed by atoms with Crippen molar-refractivity contribution in [3.8, 4) is 17.2 Å². The van der Waals surface area contributed by atoms with E-state index in [-0.39, 0.29) is 34.1 Å². The fourth-order valence-electron chi connectivity index (χ4n) is 9.76. The number of nitro groups is 1. The summed E-state index contributed by atoms with van der Waals surface area (Å²) in [7, 11) is -4.61. The second-order valence-electron chi connectivity index (χ2n) is 18.7. The number of aromatic nitrogens is 2. The Hall–Kier alpha value is -5.48. The molecule has 2 fully saturated rings. The van der Waals surface area contributed by atoms with E-state index in [0.29, 0.717) is 30.0 Å². The lowest BCUT2D eigenvalue weighted by molar-refractivity contribution is -0.386. The first kappa shape index (κ1) is 44.7. The van der Waals surface area contributed by atoms with Crippen molar-refractivity contribution in [2.24, 2.45) is 11.3 Å². The van der Waals surface area contributed by atoms with Crippen LogP contribution in [-0.2, 0) is 16.4 Å². The number of ether oxygens (including phenoxy) is 2. The van der Waals surface area contributed by atoms with Crippen LogP contribution in [0.3, 0.4) is 0 Å². The summed E-state index contributed by atoms with van der Waals surface area (Å²) >= 11 is 6.25. The number of amides is 1. The van der Waals surface area contributed by atoms with E-state index < -0.39 is 25.7 Å². The molecule has 1 amide bonds. The summed E-state index contributed by atoms with van der Waals surface area (Å²) in [6.45, 7) is 12.0. The van der Waals surface area contributed by atoms with Gasteiger partial charge in [0.2, 0.25) is 0 Å². The zero-order valence-corrected chi connectivity index (χ0v) is 38.6. The number of aromatic amines is 1. The molecule has 3 aliphatic heterocycles. The van der Waals surface area contributed by atoms with Crippen molar-refractivity contribution >= 4 is 55.5 Å². The van der Waals surface area contributed by atoms with E-state index in [0.717, 1.165) is 100 Å². The van der Waals surface area contributed by atoms with Gasteiger partial charge in [0.15, 0.2) is 0 Å². The molecular weight excluding hydrogens is 866 g/mol. The maximum atomic E-state index is 14.1. The minimum absolute atomic E-state index is 0.0349. The molecule has 65 heavy (non-hydrogen) atoms. The molecule has 5 heterocycles. The van der Waals surface area contributed by atoms with Crippen molar-refractivity contribution in [2.45, 2.75) is 70.1 Å². The fourth-order valence-corrected chi connectivity index (χ4v) is 10.9. The van der Waals surface area contributed by atoms with Crippen LogP contribution in [0.2, 0.25) is 5.02 Å². The lowest BCUT2D eigenvalue weighted by Crippen LogP contribution is -2.47. The van der Waals surface area contributed by atoms with Gasteiger partial charge < -0.3 is 24.3 Å². The number of hydrogen-bond donors (Lipinski definition) is 2. The average Bonchev–Trinajstić information content (AvgIpc) is 3.77. The summed E-state index contributed by atoms with van der Waals surface area (Å²) in [5.74, 6) is -0.264. The zero-order chi connectivity index (χ0) is 45.3. The third-order valence-electron chi connectivity index (χ3n) is 13.5. The van der Waals surface area contributed by atoms with Crippen molar-refractivity contribution in [1.29, 1.82) is 0 Å². The lowest BCUT2D eigenvalue weighted by atomic mass is 9.72. The van der Waals surface area contributed by atoms with E-state index in [2.05, 4.69) is 55.4 Å². The van der Waals surface area contributed by atoms with Gasteiger partial charge >= 0.3 is 0 Å². The number of anilines is 1. The van der Waals surface area contributed by atoms with Crippen LogP contribution in [0.1, 0.15) is 80.3 Å². The number of carbonyl (C=O) groups excluding carboxylic acids is 1. The molecule has 4 aliphatic rings. The number of likely N-dealkylation sites (tertiary alicyclic amines) is 1. The highest BCUT2D eigenvalue weighted by molar-refractivity contribution is 7.90. The number of piperidine rings is 1. The lowest BCUT2D eigenvalue weighted by Gasteiger charge is -2.39. The summed E-state index contributed by atoms with van der Waals surface area (Å²) in [5, 5.41) is 13.9. The fraction of sp³-hybridized carbons (Fsp3) is 0.429. The summed E-state index contributed by atoms with van der Waals surface area (Å²) in [5.41, 5.74) is 5.80. The van der Waals surface area contributed by atoms with Gasteiger partial charge in [0.25, 0.3) is 21.6 Å². The van der Waals surface area contributed by atoms with Crippen LogP contribution in [0.15, 0.2) is 89.6 Å². The number of piperazine rings is 1. The third-order valence-corrected chi connectivity index (χ3v) is 15.1. The van der Waals surface area contributed by atoms with Gasteiger partial charge in [-0.3, -0.25) is 19.8 Å².